The van der Waals surface area contributed by atoms with Gasteiger partial charge in [0, 0.05) is 12.1 Å². The third-order valence-electron chi connectivity index (χ3n) is 6.20. The van der Waals surface area contributed by atoms with Crippen LogP contribution in [0.2, 0.25) is 0 Å². The van der Waals surface area contributed by atoms with E-state index in [1.54, 1.807) is 20.8 Å². The summed E-state index contributed by atoms with van der Waals surface area (Å²) in [6, 6.07) is 2.90. The number of nitrogens with two attached hydrogens (primary N) is 1. The molecule has 0 spiro atoms. The van der Waals surface area contributed by atoms with Crippen LogP contribution in [0.4, 0.5) is 4.79 Å². The van der Waals surface area contributed by atoms with Crippen LogP contribution in [-0.4, -0.2) is 52.4 Å². The summed E-state index contributed by atoms with van der Waals surface area (Å²) in [5, 5.41) is 5.55. The first-order chi connectivity index (χ1) is 17.1. The van der Waals surface area contributed by atoms with Crippen molar-refractivity contribution in [2.24, 2.45) is 5.73 Å². The van der Waals surface area contributed by atoms with Crippen LogP contribution in [0.1, 0.15) is 96.9 Å². The minimum atomic E-state index is -1.30. The summed E-state index contributed by atoms with van der Waals surface area (Å²) in [6.45, 7) is 16.7. The van der Waals surface area contributed by atoms with E-state index in [-0.39, 0.29) is 18.0 Å². The van der Waals surface area contributed by atoms with Gasteiger partial charge in [-0.05, 0) is 78.0 Å². The van der Waals surface area contributed by atoms with Gasteiger partial charge in [-0.25, -0.2) is 4.79 Å². The quantitative estimate of drug-likeness (QED) is 0.384. The lowest BCUT2D eigenvalue weighted by atomic mass is 9.96. The molecule has 1 rings (SSSR count). The number of primary amides is 1. The van der Waals surface area contributed by atoms with Gasteiger partial charge in [-0.1, -0.05) is 38.5 Å². The molecule has 208 valence electrons. The third-order valence-corrected chi connectivity index (χ3v) is 6.20. The molecule has 1 aromatic rings. The lowest BCUT2D eigenvalue weighted by Gasteiger charge is -2.38. The first-order valence-electron chi connectivity index (χ1n) is 13.1. The zero-order valence-corrected chi connectivity index (χ0v) is 23.9. The molecule has 0 heterocycles. The molecule has 0 aromatic heterocycles. The number of hydrogen-bond acceptors (Lipinski definition) is 5. The summed E-state index contributed by atoms with van der Waals surface area (Å²) in [5.41, 5.74) is 7.32. The molecule has 4 N–H and O–H groups in total. The Morgan fingerprint density at radius 3 is 2.14 bits per heavy atom. The fourth-order valence-electron chi connectivity index (χ4n) is 4.03. The molecule has 0 radical (unpaired) electrons. The first kappa shape index (κ1) is 31.9. The third kappa shape index (κ3) is 10.1. The molecule has 0 fully saturated rings. The lowest BCUT2D eigenvalue weighted by molar-refractivity contribution is -0.146. The number of alkyl carbamates (subject to hydrolysis) is 1. The maximum atomic E-state index is 14.0. The number of hydrogen-bond donors (Lipinski definition) is 3. The highest BCUT2D eigenvalue weighted by atomic mass is 16.6. The van der Waals surface area contributed by atoms with Crippen LogP contribution in [0.25, 0.3) is 0 Å². The molecule has 0 aliphatic rings. The molecular weight excluding hydrogens is 472 g/mol. The van der Waals surface area contributed by atoms with Gasteiger partial charge < -0.3 is 26.0 Å². The Morgan fingerprint density at radius 2 is 1.65 bits per heavy atom. The van der Waals surface area contributed by atoms with E-state index < -0.39 is 42.0 Å². The first-order valence-corrected chi connectivity index (χ1v) is 13.1. The lowest BCUT2D eigenvalue weighted by Crippen LogP contribution is -2.56. The van der Waals surface area contributed by atoms with Crippen molar-refractivity contribution in [1.82, 2.24) is 15.5 Å². The van der Waals surface area contributed by atoms with Crippen molar-refractivity contribution >= 4 is 23.8 Å². The van der Waals surface area contributed by atoms with Gasteiger partial charge in [0.1, 0.15) is 17.7 Å². The van der Waals surface area contributed by atoms with Gasteiger partial charge in [0.25, 0.3) is 0 Å². The molecule has 0 saturated heterocycles. The zero-order chi connectivity index (χ0) is 28.5. The second kappa shape index (κ2) is 14.0. The molecule has 9 nitrogen and oxygen atoms in total. The highest BCUT2D eigenvalue weighted by Gasteiger charge is 2.39. The summed E-state index contributed by atoms with van der Waals surface area (Å²) in [6.07, 6.45) is 0.941. The molecule has 1 aromatic carbocycles. The van der Waals surface area contributed by atoms with Gasteiger partial charge in [-0.3, -0.25) is 14.4 Å². The highest BCUT2D eigenvalue weighted by molar-refractivity contribution is 5.94. The predicted molar refractivity (Wildman–Crippen MR) is 145 cm³/mol. The molecule has 9 heteroatoms. The van der Waals surface area contributed by atoms with Crippen molar-refractivity contribution in [2.45, 2.75) is 118 Å². The van der Waals surface area contributed by atoms with Crippen molar-refractivity contribution in [3.8, 4) is 0 Å². The van der Waals surface area contributed by atoms with Crippen LogP contribution in [0, 0.1) is 13.8 Å². The minimum Gasteiger partial charge on any atom is -0.444 e. The molecule has 4 unspecified atom stereocenters. The summed E-state index contributed by atoms with van der Waals surface area (Å²) < 4.78 is 5.32. The Kier molecular flexibility index (Phi) is 12.1. The Hall–Kier alpha value is -3.10. The van der Waals surface area contributed by atoms with E-state index in [9.17, 15) is 19.2 Å². The van der Waals surface area contributed by atoms with Gasteiger partial charge in [0.05, 0.1) is 6.42 Å². The van der Waals surface area contributed by atoms with Crippen molar-refractivity contribution in [1.29, 1.82) is 0 Å². The number of benzene rings is 1. The van der Waals surface area contributed by atoms with Gasteiger partial charge in [0.15, 0.2) is 0 Å². The Labute approximate surface area is 221 Å². The Balaban J connectivity index is 3.60. The second-order valence-corrected chi connectivity index (χ2v) is 10.8. The second-order valence-electron chi connectivity index (χ2n) is 10.8. The van der Waals surface area contributed by atoms with Crippen LogP contribution in [0.3, 0.4) is 0 Å². The minimum absolute atomic E-state index is 0.0956. The molecule has 0 aliphatic heterocycles. The number of carbonyl (C=O) groups is 4. The number of nitrogens with zero attached hydrogens (tertiary/aromatic N) is 1. The molecule has 0 aliphatic carbocycles. The maximum absolute atomic E-state index is 14.0. The highest BCUT2D eigenvalue weighted by Crippen LogP contribution is 2.28. The van der Waals surface area contributed by atoms with Crippen molar-refractivity contribution < 1.29 is 23.9 Å². The molecule has 4 amide bonds. The fourth-order valence-corrected chi connectivity index (χ4v) is 4.03. The standard InChI is InChI=1S/C28H46N4O5/c1-10-12-19(5)30-25(34)24(21-14-13-17(3)18(4)15-21)32(20(6)11-2)26(35)22(16-23(29)33)31-27(36)37-28(7,8)9/h13-15,19-20,22,24H,10-12,16H2,1-9H3,(H2,29,33)(H,30,34)(H,31,36). The maximum Gasteiger partial charge on any atom is 0.408 e. The van der Waals surface area contributed by atoms with Gasteiger partial charge in [-0.2, -0.15) is 0 Å². The largest absolute Gasteiger partial charge is 0.444 e. The van der Waals surface area contributed by atoms with Crippen LogP contribution in [-0.2, 0) is 19.1 Å². The number of carbonyl (C=O) groups excluding carboxylic acids is 4. The Bertz CT molecular complexity index is 956. The SMILES string of the molecule is CCCC(C)NC(=O)C(c1ccc(C)c(C)c1)N(C(=O)C(CC(N)=O)NC(=O)OC(C)(C)C)C(C)CC. The predicted octanol–water partition coefficient (Wildman–Crippen LogP) is 4.05. The molecule has 37 heavy (non-hydrogen) atoms. The molecule has 0 bridgehead atoms. The smallest absolute Gasteiger partial charge is 0.408 e. The molecule has 0 saturated carbocycles. The van der Waals surface area contributed by atoms with E-state index in [1.165, 1.54) is 4.90 Å². The fraction of sp³-hybridized carbons (Fsp3) is 0.643. The van der Waals surface area contributed by atoms with Crippen molar-refractivity contribution in [3.05, 3.63) is 34.9 Å². The van der Waals surface area contributed by atoms with E-state index in [0.29, 0.717) is 12.0 Å². The topological polar surface area (TPSA) is 131 Å². The van der Waals surface area contributed by atoms with E-state index in [0.717, 1.165) is 24.0 Å². The monoisotopic (exact) mass is 518 g/mol. The number of aryl methyl sites for hydroxylation is 2. The van der Waals surface area contributed by atoms with Gasteiger partial charge in [0.2, 0.25) is 17.7 Å². The van der Waals surface area contributed by atoms with Gasteiger partial charge >= 0.3 is 6.09 Å². The van der Waals surface area contributed by atoms with E-state index in [4.69, 9.17) is 10.5 Å². The summed E-state index contributed by atoms with van der Waals surface area (Å²) >= 11 is 0. The van der Waals surface area contributed by atoms with Gasteiger partial charge in [-0.15, -0.1) is 0 Å². The average molecular weight is 519 g/mol. The molecular formula is C28H46N4O5. The van der Waals surface area contributed by atoms with Crippen LogP contribution < -0.4 is 16.4 Å². The van der Waals surface area contributed by atoms with Crippen molar-refractivity contribution in [3.63, 3.8) is 0 Å². The summed E-state index contributed by atoms with van der Waals surface area (Å²) in [7, 11) is 0. The summed E-state index contributed by atoms with van der Waals surface area (Å²) in [5.74, 6) is -1.67. The van der Waals surface area contributed by atoms with Crippen LogP contribution >= 0.6 is 0 Å². The van der Waals surface area contributed by atoms with E-state index >= 15 is 0 Å². The van der Waals surface area contributed by atoms with E-state index in [1.807, 2.05) is 59.7 Å². The van der Waals surface area contributed by atoms with Crippen LogP contribution in [0.5, 0.6) is 0 Å². The zero-order valence-electron chi connectivity index (χ0n) is 23.9. The average Bonchev–Trinajstić information content (AvgIpc) is 2.76. The summed E-state index contributed by atoms with van der Waals surface area (Å²) in [4.78, 5) is 53.7. The normalized spacial score (nSPS) is 14.6. The van der Waals surface area contributed by atoms with Crippen LogP contribution in [0.15, 0.2) is 18.2 Å². The number of nitrogens with one attached hydrogen (secondary N) is 2. The number of amides is 4. The van der Waals surface area contributed by atoms with Crippen molar-refractivity contribution in [2.75, 3.05) is 0 Å². The number of rotatable bonds is 12. The van der Waals surface area contributed by atoms with E-state index in [2.05, 4.69) is 10.6 Å². The molecule has 4 atom stereocenters. The Morgan fingerprint density at radius 1 is 1.03 bits per heavy atom. The number of ether oxygens (including phenoxy) is 1.